The molecule has 1 aliphatic rings. The van der Waals surface area contributed by atoms with E-state index in [0.717, 1.165) is 23.2 Å². The monoisotopic (exact) mass is 245 g/mol. The molecule has 0 aromatic carbocycles. The molecule has 0 unspecified atom stereocenters. The Labute approximate surface area is 99.6 Å². The Kier molecular flexibility index (Phi) is 4.42. The van der Waals surface area contributed by atoms with Gasteiger partial charge in [-0.2, -0.15) is 0 Å². The summed E-state index contributed by atoms with van der Waals surface area (Å²) < 4.78 is 5.59. The van der Waals surface area contributed by atoms with Crippen LogP contribution in [0.25, 0.3) is 0 Å². The Balaban J connectivity index is 1.60. The van der Waals surface area contributed by atoms with Crippen molar-refractivity contribution in [1.29, 1.82) is 0 Å². The molecule has 2 rings (SSSR count). The molecule has 1 heterocycles. The van der Waals surface area contributed by atoms with Crippen LogP contribution in [-0.4, -0.2) is 11.6 Å². The molecule has 0 atom stereocenters. The molecule has 4 heteroatoms. The molecule has 0 bridgehead atoms. The summed E-state index contributed by atoms with van der Waals surface area (Å²) in [7, 11) is 0. The first-order chi connectivity index (χ1) is 7.38. The molecule has 1 aliphatic carbocycles. The summed E-state index contributed by atoms with van der Waals surface area (Å²) in [6.07, 6.45) is 5.43. The van der Waals surface area contributed by atoms with Gasteiger partial charge in [-0.3, -0.25) is 0 Å². The molecule has 15 heavy (non-hydrogen) atoms. The fourth-order valence-corrected chi connectivity index (χ4v) is 2.63. The van der Waals surface area contributed by atoms with Crippen molar-refractivity contribution in [2.45, 2.75) is 38.2 Å². The fraction of sp³-hybridized carbons (Fsp3) is 0.727. The summed E-state index contributed by atoms with van der Waals surface area (Å²) in [5.74, 6) is 1.43. The number of halogens is 1. The first kappa shape index (κ1) is 11.4. The molecule has 1 saturated carbocycles. The molecule has 84 valence electrons. The maximum absolute atomic E-state index is 5.67. The van der Waals surface area contributed by atoms with Crippen molar-refractivity contribution < 1.29 is 4.74 Å². The van der Waals surface area contributed by atoms with Gasteiger partial charge in [0.1, 0.15) is 5.01 Å². The Morgan fingerprint density at radius 2 is 2.40 bits per heavy atom. The van der Waals surface area contributed by atoms with Gasteiger partial charge in [0.15, 0.2) is 0 Å². The van der Waals surface area contributed by atoms with Crippen LogP contribution in [-0.2, 0) is 17.2 Å². The molecular formula is C11H16ClNOS. The number of rotatable bonds is 6. The third-order valence-corrected chi connectivity index (χ3v) is 4.00. The number of alkyl halides is 1. The van der Waals surface area contributed by atoms with Crippen molar-refractivity contribution in [3.63, 3.8) is 0 Å². The summed E-state index contributed by atoms with van der Waals surface area (Å²) in [6, 6.07) is 0. The second-order valence-corrected chi connectivity index (χ2v) is 5.21. The normalized spacial score (nSPS) is 16.6. The molecule has 0 N–H and O–H groups in total. The maximum Gasteiger partial charge on any atom is 0.119 e. The zero-order valence-corrected chi connectivity index (χ0v) is 10.3. The first-order valence-electron chi connectivity index (χ1n) is 5.45. The van der Waals surface area contributed by atoms with Crippen LogP contribution in [0.1, 0.15) is 36.4 Å². The molecule has 1 fully saturated rings. The third-order valence-electron chi connectivity index (χ3n) is 2.86. The average molecular weight is 246 g/mol. The van der Waals surface area contributed by atoms with Gasteiger partial charge >= 0.3 is 0 Å². The lowest BCUT2D eigenvalue weighted by molar-refractivity contribution is 0.0948. The van der Waals surface area contributed by atoms with Gasteiger partial charge in [0.2, 0.25) is 0 Å². The number of hydrogen-bond acceptors (Lipinski definition) is 3. The second kappa shape index (κ2) is 5.83. The minimum Gasteiger partial charge on any atom is -0.374 e. The van der Waals surface area contributed by atoms with E-state index in [-0.39, 0.29) is 0 Å². The van der Waals surface area contributed by atoms with E-state index in [0.29, 0.717) is 12.5 Å². The minimum absolute atomic E-state index is 0.499. The number of thiazole rings is 1. The van der Waals surface area contributed by atoms with Crippen molar-refractivity contribution in [2.24, 2.45) is 5.92 Å². The lowest BCUT2D eigenvalue weighted by Gasteiger charge is -2.24. The Morgan fingerprint density at radius 3 is 3.00 bits per heavy atom. The Hall–Kier alpha value is -0.120. The van der Waals surface area contributed by atoms with Crippen molar-refractivity contribution in [3.05, 3.63) is 16.1 Å². The SMILES string of the molecule is ClCc1csc(COCCC2CCC2)n1. The van der Waals surface area contributed by atoms with Crippen molar-refractivity contribution in [1.82, 2.24) is 4.98 Å². The van der Waals surface area contributed by atoms with E-state index in [1.807, 2.05) is 5.38 Å². The van der Waals surface area contributed by atoms with E-state index in [9.17, 15) is 0 Å². The average Bonchev–Trinajstić information content (AvgIpc) is 2.62. The van der Waals surface area contributed by atoms with Gasteiger partial charge in [-0.15, -0.1) is 22.9 Å². The lowest BCUT2D eigenvalue weighted by atomic mass is 9.83. The van der Waals surface area contributed by atoms with Crippen molar-refractivity contribution >= 4 is 22.9 Å². The van der Waals surface area contributed by atoms with E-state index in [1.165, 1.54) is 25.7 Å². The van der Waals surface area contributed by atoms with E-state index in [2.05, 4.69) is 4.98 Å². The molecule has 0 radical (unpaired) electrons. The van der Waals surface area contributed by atoms with Gasteiger partial charge in [0.05, 0.1) is 18.2 Å². The second-order valence-electron chi connectivity index (χ2n) is 4.00. The Bertz CT molecular complexity index is 299. The highest BCUT2D eigenvalue weighted by molar-refractivity contribution is 7.09. The topological polar surface area (TPSA) is 22.1 Å². The van der Waals surface area contributed by atoms with E-state index >= 15 is 0 Å². The van der Waals surface area contributed by atoms with Gasteiger partial charge in [-0.05, 0) is 12.3 Å². The minimum atomic E-state index is 0.499. The zero-order chi connectivity index (χ0) is 10.5. The Morgan fingerprint density at radius 1 is 1.53 bits per heavy atom. The predicted octanol–water partition coefficient (Wildman–Crippen LogP) is 3.59. The number of nitrogens with zero attached hydrogens (tertiary/aromatic N) is 1. The standard InChI is InChI=1S/C11H16ClNOS/c12-6-10-8-15-11(13-10)7-14-5-4-9-2-1-3-9/h8-9H,1-7H2. The zero-order valence-electron chi connectivity index (χ0n) is 8.75. The molecule has 0 aliphatic heterocycles. The molecule has 0 amide bonds. The smallest absolute Gasteiger partial charge is 0.119 e. The van der Waals surface area contributed by atoms with Gasteiger partial charge in [0.25, 0.3) is 0 Å². The highest BCUT2D eigenvalue weighted by Crippen LogP contribution is 2.29. The third kappa shape index (κ3) is 3.44. The van der Waals surface area contributed by atoms with Crippen LogP contribution in [0.5, 0.6) is 0 Å². The summed E-state index contributed by atoms with van der Waals surface area (Å²) in [5, 5.41) is 3.04. The van der Waals surface area contributed by atoms with Crippen molar-refractivity contribution in [2.75, 3.05) is 6.61 Å². The molecular weight excluding hydrogens is 230 g/mol. The van der Waals surface area contributed by atoms with E-state index in [4.69, 9.17) is 16.3 Å². The summed E-state index contributed by atoms with van der Waals surface area (Å²) in [5.41, 5.74) is 0.958. The predicted molar refractivity (Wildman–Crippen MR) is 63.3 cm³/mol. The fourth-order valence-electron chi connectivity index (χ4n) is 1.67. The lowest BCUT2D eigenvalue weighted by Crippen LogP contribution is -2.13. The van der Waals surface area contributed by atoms with Crippen LogP contribution in [0.15, 0.2) is 5.38 Å². The number of ether oxygens (including phenoxy) is 1. The van der Waals surface area contributed by atoms with Crippen LogP contribution in [0.4, 0.5) is 0 Å². The van der Waals surface area contributed by atoms with Gasteiger partial charge < -0.3 is 4.74 Å². The largest absolute Gasteiger partial charge is 0.374 e. The number of aromatic nitrogens is 1. The van der Waals surface area contributed by atoms with Crippen molar-refractivity contribution in [3.8, 4) is 0 Å². The van der Waals surface area contributed by atoms with Crippen LogP contribution < -0.4 is 0 Å². The molecule has 2 nitrogen and oxygen atoms in total. The molecule has 0 saturated heterocycles. The summed E-state index contributed by atoms with van der Waals surface area (Å²) >= 11 is 7.31. The van der Waals surface area contributed by atoms with Crippen LogP contribution >= 0.6 is 22.9 Å². The van der Waals surface area contributed by atoms with Crippen LogP contribution in [0.3, 0.4) is 0 Å². The maximum atomic E-state index is 5.67. The molecule has 0 spiro atoms. The van der Waals surface area contributed by atoms with E-state index < -0.39 is 0 Å². The van der Waals surface area contributed by atoms with Crippen LogP contribution in [0, 0.1) is 5.92 Å². The van der Waals surface area contributed by atoms with Gasteiger partial charge in [-0.25, -0.2) is 4.98 Å². The molecule has 1 aromatic rings. The van der Waals surface area contributed by atoms with E-state index in [1.54, 1.807) is 11.3 Å². The highest BCUT2D eigenvalue weighted by Gasteiger charge is 2.16. The first-order valence-corrected chi connectivity index (χ1v) is 6.87. The quantitative estimate of drug-likeness (QED) is 0.565. The van der Waals surface area contributed by atoms with Gasteiger partial charge in [0, 0.05) is 12.0 Å². The summed E-state index contributed by atoms with van der Waals surface area (Å²) in [6.45, 7) is 1.52. The van der Waals surface area contributed by atoms with Crippen LogP contribution in [0.2, 0.25) is 0 Å². The molecule has 1 aromatic heterocycles. The highest BCUT2D eigenvalue weighted by atomic mass is 35.5. The van der Waals surface area contributed by atoms with Gasteiger partial charge in [-0.1, -0.05) is 19.3 Å². The summed E-state index contributed by atoms with van der Waals surface area (Å²) in [4.78, 5) is 4.34. The number of hydrogen-bond donors (Lipinski definition) is 0.